The highest BCUT2D eigenvalue weighted by Gasteiger charge is 2.25. The minimum Gasteiger partial charge on any atom is -0.507 e. The van der Waals surface area contributed by atoms with Gasteiger partial charge in [0.2, 0.25) is 0 Å². The van der Waals surface area contributed by atoms with Crippen LogP contribution < -0.4 is 0 Å². The van der Waals surface area contributed by atoms with Crippen molar-refractivity contribution in [3.05, 3.63) is 101 Å². The Labute approximate surface area is 285 Å². The Morgan fingerprint density at radius 2 is 0.957 bits per heavy atom. The molecule has 46 heavy (non-hydrogen) atoms. The topological polar surface area (TPSA) is 20.2 Å². The quantitative estimate of drug-likeness (QED) is 0.148. The summed E-state index contributed by atoms with van der Waals surface area (Å²) in [5, 5.41) is 10.4. The van der Waals surface area contributed by atoms with E-state index >= 15 is 0 Å². The summed E-state index contributed by atoms with van der Waals surface area (Å²) in [5.74, 6) is 1.87. The van der Waals surface area contributed by atoms with Crippen molar-refractivity contribution in [3.63, 3.8) is 0 Å². The summed E-state index contributed by atoms with van der Waals surface area (Å²) in [7, 11) is 0. The van der Waals surface area contributed by atoms with Crippen molar-refractivity contribution in [1.29, 1.82) is 0 Å². The molecular weight excluding hydrogens is 556 g/mol. The Kier molecular flexibility index (Phi) is 17.8. The van der Waals surface area contributed by atoms with Gasteiger partial charge >= 0.3 is 0 Å². The first-order valence-electron chi connectivity index (χ1n) is 18.8. The molecule has 0 radical (unpaired) electrons. The molecule has 3 aromatic carbocycles. The minimum absolute atomic E-state index is 0.0178. The number of phenols is 1. The van der Waals surface area contributed by atoms with Crippen LogP contribution in [0.2, 0.25) is 0 Å². The van der Waals surface area contributed by atoms with E-state index < -0.39 is 0 Å². The van der Waals surface area contributed by atoms with E-state index in [2.05, 4.69) is 135 Å². The fourth-order valence-electron chi connectivity index (χ4n) is 6.62. The molecule has 0 aliphatic heterocycles. The minimum atomic E-state index is -0.0178. The zero-order chi connectivity index (χ0) is 34.0. The maximum absolute atomic E-state index is 10.4. The summed E-state index contributed by atoms with van der Waals surface area (Å²) in [6.07, 6.45) is 19.6. The third-order valence-corrected chi connectivity index (χ3v) is 9.61. The van der Waals surface area contributed by atoms with E-state index in [1.807, 2.05) is 0 Å². The monoisotopic (exact) mass is 627 g/mol. The second kappa shape index (κ2) is 20.6. The summed E-state index contributed by atoms with van der Waals surface area (Å²) in [6.45, 7) is 19.6. The molecule has 2 unspecified atom stereocenters. The Morgan fingerprint density at radius 3 is 1.41 bits per heavy atom. The van der Waals surface area contributed by atoms with Crippen LogP contribution in [-0.2, 0) is 10.8 Å². The van der Waals surface area contributed by atoms with Crippen molar-refractivity contribution in [3.8, 4) is 5.75 Å². The van der Waals surface area contributed by atoms with E-state index in [1.165, 1.54) is 101 Å². The average molecular weight is 627 g/mol. The zero-order valence-corrected chi connectivity index (χ0v) is 31.4. The molecule has 0 amide bonds. The Balaban J connectivity index is 0.000000387. The molecule has 0 aliphatic rings. The van der Waals surface area contributed by atoms with Crippen molar-refractivity contribution >= 4 is 0 Å². The second-order valence-corrected chi connectivity index (χ2v) is 16.0. The van der Waals surface area contributed by atoms with Crippen molar-refractivity contribution < 1.29 is 5.11 Å². The third-order valence-electron chi connectivity index (χ3n) is 9.61. The summed E-state index contributed by atoms with van der Waals surface area (Å²) >= 11 is 0. The molecular formula is C45H70O. The summed E-state index contributed by atoms with van der Waals surface area (Å²) in [4.78, 5) is 0. The largest absolute Gasteiger partial charge is 0.507 e. The number of aryl methyl sites for hydroxylation is 1. The zero-order valence-electron chi connectivity index (χ0n) is 31.4. The van der Waals surface area contributed by atoms with Gasteiger partial charge in [-0.2, -0.15) is 0 Å². The lowest BCUT2D eigenvalue weighted by Crippen LogP contribution is -2.17. The van der Waals surface area contributed by atoms with Gasteiger partial charge in [0.25, 0.3) is 0 Å². The molecule has 0 aliphatic carbocycles. The van der Waals surface area contributed by atoms with E-state index in [0.717, 1.165) is 17.0 Å². The number of rotatable bonds is 17. The van der Waals surface area contributed by atoms with Crippen LogP contribution >= 0.6 is 0 Å². The van der Waals surface area contributed by atoms with Crippen molar-refractivity contribution in [2.75, 3.05) is 0 Å². The van der Waals surface area contributed by atoms with Gasteiger partial charge in [0.05, 0.1) is 0 Å². The maximum atomic E-state index is 10.4. The van der Waals surface area contributed by atoms with Crippen molar-refractivity contribution in [2.45, 2.75) is 175 Å². The van der Waals surface area contributed by atoms with E-state index in [-0.39, 0.29) is 10.8 Å². The van der Waals surface area contributed by atoms with E-state index in [0.29, 0.717) is 11.7 Å². The Morgan fingerprint density at radius 1 is 0.543 bits per heavy atom. The van der Waals surface area contributed by atoms with Crippen molar-refractivity contribution in [1.82, 2.24) is 0 Å². The Bertz CT molecular complexity index is 1160. The number of hydrogen-bond acceptors (Lipinski definition) is 1. The molecule has 1 N–H and O–H groups in total. The molecule has 256 valence electrons. The van der Waals surface area contributed by atoms with Crippen LogP contribution in [0.4, 0.5) is 0 Å². The molecule has 0 saturated carbocycles. The first-order chi connectivity index (χ1) is 21.8. The number of aromatic hydroxyl groups is 1. The second-order valence-electron chi connectivity index (χ2n) is 16.0. The molecule has 0 bridgehead atoms. The van der Waals surface area contributed by atoms with Crippen LogP contribution in [0.25, 0.3) is 0 Å². The highest BCUT2D eigenvalue weighted by atomic mass is 16.3. The lowest BCUT2D eigenvalue weighted by atomic mass is 9.78. The van der Waals surface area contributed by atoms with E-state index in [4.69, 9.17) is 0 Å². The van der Waals surface area contributed by atoms with Crippen molar-refractivity contribution in [2.24, 2.45) is 0 Å². The Hall–Kier alpha value is -2.54. The van der Waals surface area contributed by atoms with Gasteiger partial charge in [-0.15, -0.1) is 0 Å². The van der Waals surface area contributed by atoms with Gasteiger partial charge < -0.3 is 5.11 Å². The van der Waals surface area contributed by atoms with Gasteiger partial charge in [0.1, 0.15) is 5.75 Å². The molecule has 0 heterocycles. The highest BCUT2D eigenvalue weighted by Crippen LogP contribution is 2.39. The molecule has 2 atom stereocenters. The van der Waals surface area contributed by atoms with Crippen LogP contribution in [0, 0.1) is 6.92 Å². The fraction of sp³-hybridized carbons (Fsp3) is 0.600. The summed E-state index contributed by atoms with van der Waals surface area (Å²) in [6, 6.07) is 26.5. The summed E-state index contributed by atoms with van der Waals surface area (Å²) in [5.41, 5.74) is 6.30. The van der Waals surface area contributed by atoms with Crippen LogP contribution in [0.5, 0.6) is 5.75 Å². The number of hydrogen-bond donors (Lipinski definition) is 1. The standard InChI is InChI=1S/C30H46.C15H24O/c1-3-4-5-6-7-8-9-10-11-14-23-30(29-24-17-13-18-25-29)26-19-20-27(2)28-21-15-12-16-22-28;1-10-8-11(14(2,3)4)13(16)12(9-10)15(5,6)7/h12-13,15-18,21-22,24-25,27,30H,3-11,14,19-20,23,26H2,1-2H3;8-9,16H,1-7H3. The number of unbranched alkanes of at least 4 members (excludes halogenated alkanes) is 9. The van der Waals surface area contributed by atoms with E-state index in [9.17, 15) is 5.11 Å². The van der Waals surface area contributed by atoms with Crippen LogP contribution in [0.1, 0.15) is 185 Å². The highest BCUT2D eigenvalue weighted by molar-refractivity contribution is 5.49. The third kappa shape index (κ3) is 14.9. The number of phenolic OH excluding ortho intramolecular Hbond substituents is 1. The fourth-order valence-corrected chi connectivity index (χ4v) is 6.62. The molecule has 0 saturated heterocycles. The molecule has 3 aromatic rings. The van der Waals surface area contributed by atoms with Gasteiger partial charge in [-0.25, -0.2) is 0 Å². The lowest BCUT2D eigenvalue weighted by Gasteiger charge is -2.27. The normalized spacial score (nSPS) is 13.2. The first kappa shape index (κ1) is 39.6. The maximum Gasteiger partial charge on any atom is 0.123 e. The molecule has 3 rings (SSSR count). The smallest absolute Gasteiger partial charge is 0.123 e. The van der Waals surface area contributed by atoms with Gasteiger partial charge in [-0.1, -0.05) is 204 Å². The van der Waals surface area contributed by atoms with E-state index in [1.54, 1.807) is 5.56 Å². The summed E-state index contributed by atoms with van der Waals surface area (Å²) < 4.78 is 0. The van der Waals surface area contributed by atoms with Crippen LogP contribution in [0.3, 0.4) is 0 Å². The average Bonchev–Trinajstić information content (AvgIpc) is 3.02. The molecule has 0 aromatic heterocycles. The predicted octanol–water partition coefficient (Wildman–Crippen LogP) is 14.4. The SMILES string of the molecule is CCCCCCCCCCCCC(CCCC(C)c1ccccc1)c1ccccc1.Cc1cc(C(C)(C)C)c(O)c(C(C)(C)C)c1. The van der Waals surface area contributed by atoms with Gasteiger partial charge in [0.15, 0.2) is 0 Å². The van der Waals surface area contributed by atoms with Gasteiger partial charge in [0, 0.05) is 0 Å². The predicted molar refractivity (Wildman–Crippen MR) is 205 cm³/mol. The number of benzene rings is 3. The molecule has 0 fully saturated rings. The molecule has 1 nitrogen and oxygen atoms in total. The lowest BCUT2D eigenvalue weighted by molar-refractivity contribution is 0.423. The van der Waals surface area contributed by atoms with Gasteiger partial charge in [-0.05, 0) is 71.1 Å². The van der Waals surface area contributed by atoms with Crippen LogP contribution in [0.15, 0.2) is 72.8 Å². The first-order valence-corrected chi connectivity index (χ1v) is 18.8. The molecule has 0 spiro atoms. The molecule has 1 heteroatoms. The van der Waals surface area contributed by atoms with Crippen LogP contribution in [-0.4, -0.2) is 5.11 Å². The van der Waals surface area contributed by atoms with Gasteiger partial charge in [-0.3, -0.25) is 0 Å².